The SMILES string of the molecule is COCc1cccc(NC2CCC2C(=O)O)c1. The number of carboxylic acids is 1. The molecule has 2 rings (SSSR count). The number of anilines is 1. The Hall–Kier alpha value is -1.55. The molecule has 1 fully saturated rings. The quantitative estimate of drug-likeness (QED) is 0.820. The van der Waals surface area contributed by atoms with Crippen molar-refractivity contribution in [3.8, 4) is 0 Å². The van der Waals surface area contributed by atoms with E-state index in [4.69, 9.17) is 9.84 Å². The molecule has 0 saturated heterocycles. The third-order valence-electron chi connectivity index (χ3n) is 3.18. The number of ether oxygens (including phenoxy) is 1. The van der Waals surface area contributed by atoms with Gasteiger partial charge in [0.25, 0.3) is 0 Å². The molecule has 1 saturated carbocycles. The maximum Gasteiger partial charge on any atom is 0.308 e. The van der Waals surface area contributed by atoms with Crippen molar-refractivity contribution in [1.82, 2.24) is 0 Å². The predicted octanol–water partition coefficient (Wildman–Crippen LogP) is 2.11. The Bertz CT molecular complexity index is 405. The highest BCUT2D eigenvalue weighted by Gasteiger charge is 2.36. The van der Waals surface area contributed by atoms with Crippen molar-refractivity contribution in [2.45, 2.75) is 25.5 Å². The lowest BCUT2D eigenvalue weighted by atomic mass is 9.79. The van der Waals surface area contributed by atoms with Crippen molar-refractivity contribution in [3.63, 3.8) is 0 Å². The van der Waals surface area contributed by atoms with Crippen LogP contribution in [-0.4, -0.2) is 24.2 Å². The first kappa shape index (κ1) is 11.9. The second kappa shape index (κ2) is 5.19. The first-order valence-corrected chi connectivity index (χ1v) is 5.78. The number of hydrogen-bond acceptors (Lipinski definition) is 3. The summed E-state index contributed by atoms with van der Waals surface area (Å²) in [6.07, 6.45) is 1.69. The summed E-state index contributed by atoms with van der Waals surface area (Å²) in [6, 6.07) is 7.96. The van der Waals surface area contributed by atoms with Gasteiger partial charge in [-0.2, -0.15) is 0 Å². The second-order valence-corrected chi connectivity index (χ2v) is 4.41. The molecular formula is C13H17NO3. The topological polar surface area (TPSA) is 58.6 Å². The molecule has 17 heavy (non-hydrogen) atoms. The Kier molecular flexibility index (Phi) is 3.64. The number of carbonyl (C=O) groups is 1. The molecular weight excluding hydrogens is 218 g/mol. The van der Waals surface area contributed by atoms with E-state index >= 15 is 0 Å². The fourth-order valence-corrected chi connectivity index (χ4v) is 2.10. The molecule has 2 unspecified atom stereocenters. The van der Waals surface area contributed by atoms with E-state index in [9.17, 15) is 4.79 Å². The molecule has 4 nitrogen and oxygen atoms in total. The standard InChI is InChI=1S/C13H17NO3/c1-17-8-9-3-2-4-10(7-9)14-12-6-5-11(12)13(15)16/h2-4,7,11-12,14H,5-6,8H2,1H3,(H,15,16). The molecule has 0 aliphatic heterocycles. The zero-order valence-corrected chi connectivity index (χ0v) is 9.85. The Morgan fingerprint density at radius 2 is 2.35 bits per heavy atom. The van der Waals surface area contributed by atoms with E-state index in [1.54, 1.807) is 7.11 Å². The van der Waals surface area contributed by atoms with Gasteiger partial charge in [-0.15, -0.1) is 0 Å². The highest BCUT2D eigenvalue weighted by atomic mass is 16.5. The molecule has 0 bridgehead atoms. The minimum absolute atomic E-state index is 0.0605. The number of benzene rings is 1. The van der Waals surface area contributed by atoms with Crippen LogP contribution in [0.2, 0.25) is 0 Å². The molecule has 0 heterocycles. The van der Waals surface area contributed by atoms with Gasteiger partial charge in [0, 0.05) is 18.8 Å². The van der Waals surface area contributed by atoms with E-state index < -0.39 is 5.97 Å². The summed E-state index contributed by atoms with van der Waals surface area (Å²) in [5, 5.41) is 12.2. The van der Waals surface area contributed by atoms with Gasteiger partial charge in [-0.05, 0) is 30.5 Å². The van der Waals surface area contributed by atoms with Gasteiger partial charge in [0.05, 0.1) is 12.5 Å². The summed E-state index contributed by atoms with van der Waals surface area (Å²) in [5.74, 6) is -0.956. The number of rotatable bonds is 5. The Morgan fingerprint density at radius 3 is 2.94 bits per heavy atom. The molecule has 1 aromatic carbocycles. The third-order valence-corrected chi connectivity index (χ3v) is 3.18. The van der Waals surface area contributed by atoms with Crippen LogP contribution in [0.1, 0.15) is 18.4 Å². The normalized spacial score (nSPS) is 22.9. The smallest absolute Gasteiger partial charge is 0.308 e. The first-order valence-electron chi connectivity index (χ1n) is 5.78. The van der Waals surface area contributed by atoms with Crippen LogP contribution in [0.5, 0.6) is 0 Å². The first-order chi connectivity index (χ1) is 8.20. The van der Waals surface area contributed by atoms with E-state index in [1.165, 1.54) is 0 Å². The fraction of sp³-hybridized carbons (Fsp3) is 0.462. The van der Waals surface area contributed by atoms with E-state index in [0.29, 0.717) is 6.61 Å². The van der Waals surface area contributed by atoms with Crippen molar-refractivity contribution in [2.75, 3.05) is 12.4 Å². The van der Waals surface area contributed by atoms with Crippen molar-refractivity contribution in [1.29, 1.82) is 0 Å². The Balaban J connectivity index is 1.99. The molecule has 2 N–H and O–H groups in total. The van der Waals surface area contributed by atoms with Crippen molar-refractivity contribution >= 4 is 11.7 Å². The molecule has 0 amide bonds. The second-order valence-electron chi connectivity index (χ2n) is 4.41. The molecule has 4 heteroatoms. The third kappa shape index (κ3) is 2.77. The van der Waals surface area contributed by atoms with Crippen LogP contribution in [0.15, 0.2) is 24.3 Å². The van der Waals surface area contributed by atoms with Gasteiger partial charge in [-0.3, -0.25) is 4.79 Å². The van der Waals surface area contributed by atoms with Crippen molar-refractivity contribution in [3.05, 3.63) is 29.8 Å². The van der Waals surface area contributed by atoms with E-state index in [1.807, 2.05) is 24.3 Å². The van der Waals surface area contributed by atoms with Gasteiger partial charge in [-0.1, -0.05) is 12.1 Å². The summed E-state index contributed by atoms with van der Waals surface area (Å²) < 4.78 is 5.07. The molecule has 92 valence electrons. The Morgan fingerprint density at radius 1 is 1.53 bits per heavy atom. The van der Waals surface area contributed by atoms with Gasteiger partial charge in [0.1, 0.15) is 0 Å². The average Bonchev–Trinajstić information content (AvgIpc) is 2.25. The lowest BCUT2D eigenvalue weighted by Crippen LogP contribution is -2.42. The van der Waals surface area contributed by atoms with Gasteiger partial charge < -0.3 is 15.2 Å². The van der Waals surface area contributed by atoms with Crippen LogP contribution in [0.25, 0.3) is 0 Å². The van der Waals surface area contributed by atoms with Crippen LogP contribution < -0.4 is 5.32 Å². The number of methoxy groups -OCH3 is 1. The van der Waals surface area contributed by atoms with E-state index in [0.717, 1.165) is 24.1 Å². The maximum absolute atomic E-state index is 10.9. The summed E-state index contributed by atoms with van der Waals surface area (Å²) in [6.45, 7) is 0.572. The highest BCUT2D eigenvalue weighted by Crippen LogP contribution is 2.30. The Labute approximate surface area is 101 Å². The van der Waals surface area contributed by atoms with Gasteiger partial charge in [0.2, 0.25) is 0 Å². The number of hydrogen-bond donors (Lipinski definition) is 2. The van der Waals surface area contributed by atoms with E-state index in [2.05, 4.69) is 5.32 Å². The van der Waals surface area contributed by atoms with Gasteiger partial charge in [0.15, 0.2) is 0 Å². The number of aliphatic carboxylic acids is 1. The maximum atomic E-state index is 10.9. The van der Waals surface area contributed by atoms with Crippen molar-refractivity contribution < 1.29 is 14.6 Å². The summed E-state index contributed by atoms with van der Waals surface area (Å²) in [7, 11) is 1.66. The van der Waals surface area contributed by atoms with E-state index in [-0.39, 0.29) is 12.0 Å². The molecule has 2 atom stereocenters. The summed E-state index contributed by atoms with van der Waals surface area (Å²) >= 11 is 0. The lowest BCUT2D eigenvalue weighted by Gasteiger charge is -2.34. The number of nitrogens with one attached hydrogen (secondary N) is 1. The lowest BCUT2D eigenvalue weighted by molar-refractivity contribution is -0.144. The van der Waals surface area contributed by atoms with Crippen LogP contribution in [0.4, 0.5) is 5.69 Å². The zero-order chi connectivity index (χ0) is 12.3. The van der Waals surface area contributed by atoms with Crippen LogP contribution >= 0.6 is 0 Å². The van der Waals surface area contributed by atoms with Gasteiger partial charge in [-0.25, -0.2) is 0 Å². The summed E-state index contributed by atoms with van der Waals surface area (Å²) in [5.41, 5.74) is 2.05. The molecule has 1 aliphatic carbocycles. The summed E-state index contributed by atoms with van der Waals surface area (Å²) in [4.78, 5) is 10.9. The molecule has 1 aliphatic rings. The molecule has 0 spiro atoms. The minimum atomic E-state index is -0.707. The van der Waals surface area contributed by atoms with Crippen molar-refractivity contribution in [2.24, 2.45) is 5.92 Å². The highest BCUT2D eigenvalue weighted by molar-refractivity contribution is 5.73. The van der Waals surface area contributed by atoms with Crippen LogP contribution in [0, 0.1) is 5.92 Å². The zero-order valence-electron chi connectivity index (χ0n) is 9.85. The minimum Gasteiger partial charge on any atom is -0.481 e. The molecule has 0 radical (unpaired) electrons. The average molecular weight is 235 g/mol. The largest absolute Gasteiger partial charge is 0.481 e. The van der Waals surface area contributed by atoms with Crippen LogP contribution in [0.3, 0.4) is 0 Å². The van der Waals surface area contributed by atoms with Gasteiger partial charge >= 0.3 is 5.97 Å². The number of carboxylic acid groups (broad SMARTS) is 1. The monoisotopic (exact) mass is 235 g/mol. The molecule has 0 aromatic heterocycles. The predicted molar refractivity (Wildman–Crippen MR) is 64.9 cm³/mol. The molecule has 1 aromatic rings. The fourth-order valence-electron chi connectivity index (χ4n) is 2.10. The van der Waals surface area contributed by atoms with Crippen LogP contribution in [-0.2, 0) is 16.1 Å².